The van der Waals surface area contributed by atoms with Crippen molar-refractivity contribution >= 4 is 44.7 Å². The molecule has 2 rings (SSSR count). The van der Waals surface area contributed by atoms with Gasteiger partial charge in [-0.25, -0.2) is 4.98 Å². The fraction of sp³-hybridized carbons (Fsp3) is 0.357. The Morgan fingerprint density at radius 3 is 2.80 bits per heavy atom. The van der Waals surface area contributed by atoms with Crippen molar-refractivity contribution in [2.75, 3.05) is 18.5 Å². The van der Waals surface area contributed by atoms with Crippen LogP contribution in [-0.2, 0) is 13.1 Å². The highest BCUT2D eigenvalue weighted by molar-refractivity contribution is 9.11. The van der Waals surface area contributed by atoms with Crippen molar-refractivity contribution in [2.45, 2.75) is 20.0 Å². The first-order valence-corrected chi connectivity index (χ1v) is 8.44. The third-order valence-electron chi connectivity index (χ3n) is 2.86. The number of pyridine rings is 1. The average molecular weight is 375 g/mol. The van der Waals surface area contributed by atoms with Crippen LogP contribution in [-0.4, -0.2) is 18.6 Å². The maximum absolute atomic E-state index is 6.34. The van der Waals surface area contributed by atoms with Crippen molar-refractivity contribution < 1.29 is 0 Å². The van der Waals surface area contributed by atoms with E-state index < -0.39 is 0 Å². The van der Waals surface area contributed by atoms with E-state index in [1.165, 1.54) is 5.56 Å². The predicted octanol–water partition coefficient (Wildman–Crippen LogP) is 4.30. The van der Waals surface area contributed by atoms with E-state index in [1.54, 1.807) is 11.3 Å². The van der Waals surface area contributed by atoms with Gasteiger partial charge in [-0.1, -0.05) is 18.5 Å². The van der Waals surface area contributed by atoms with Gasteiger partial charge in [-0.15, -0.1) is 11.3 Å². The van der Waals surface area contributed by atoms with Crippen LogP contribution in [0, 0.1) is 0 Å². The Kier molecular flexibility index (Phi) is 5.84. The van der Waals surface area contributed by atoms with Crippen molar-refractivity contribution in [1.29, 1.82) is 0 Å². The number of aromatic nitrogens is 1. The average Bonchev–Trinajstić information content (AvgIpc) is 2.81. The van der Waals surface area contributed by atoms with E-state index >= 15 is 0 Å². The van der Waals surface area contributed by atoms with E-state index in [4.69, 9.17) is 11.6 Å². The highest BCUT2D eigenvalue weighted by Crippen LogP contribution is 2.26. The van der Waals surface area contributed by atoms with Crippen LogP contribution in [0.3, 0.4) is 0 Å². The van der Waals surface area contributed by atoms with Crippen molar-refractivity contribution in [2.24, 2.45) is 0 Å². The van der Waals surface area contributed by atoms with Gasteiger partial charge in [-0.05, 0) is 51.1 Å². The maximum atomic E-state index is 6.34. The van der Waals surface area contributed by atoms with Gasteiger partial charge in [0, 0.05) is 26.3 Å². The third kappa shape index (κ3) is 4.19. The van der Waals surface area contributed by atoms with Crippen LogP contribution in [0.15, 0.2) is 27.5 Å². The van der Waals surface area contributed by atoms with Gasteiger partial charge in [0.1, 0.15) is 5.82 Å². The minimum atomic E-state index is 0.692. The number of nitrogens with one attached hydrogen (secondary N) is 1. The molecule has 0 saturated heterocycles. The Morgan fingerprint density at radius 2 is 2.20 bits per heavy atom. The molecular weight excluding hydrogens is 358 g/mol. The molecule has 0 aromatic carbocycles. The van der Waals surface area contributed by atoms with Crippen LogP contribution < -0.4 is 10.2 Å². The van der Waals surface area contributed by atoms with Crippen molar-refractivity contribution in [3.63, 3.8) is 0 Å². The summed E-state index contributed by atoms with van der Waals surface area (Å²) >= 11 is 11.5. The highest BCUT2D eigenvalue weighted by Gasteiger charge is 2.10. The summed E-state index contributed by atoms with van der Waals surface area (Å²) in [6.07, 6.45) is 1.88. The summed E-state index contributed by atoms with van der Waals surface area (Å²) in [6.45, 7) is 4.61. The molecule has 0 bridgehead atoms. The second-order valence-electron chi connectivity index (χ2n) is 4.54. The standard InChI is InChI=1S/C14H17BrClN3S/c1-3-17-6-10-4-12(16)14(18-7-10)19(2)8-11-5-13(15)20-9-11/h4-5,7,9,17H,3,6,8H2,1-2H3. The monoisotopic (exact) mass is 373 g/mol. The molecule has 0 aliphatic heterocycles. The molecular formula is C14H17BrClN3S. The number of nitrogens with zero attached hydrogens (tertiary/aromatic N) is 2. The highest BCUT2D eigenvalue weighted by atomic mass is 79.9. The van der Waals surface area contributed by atoms with E-state index in [1.807, 2.05) is 19.3 Å². The lowest BCUT2D eigenvalue weighted by atomic mass is 10.2. The predicted molar refractivity (Wildman–Crippen MR) is 90.8 cm³/mol. The molecule has 6 heteroatoms. The molecule has 0 atom stereocenters. The van der Waals surface area contributed by atoms with E-state index in [-0.39, 0.29) is 0 Å². The second kappa shape index (κ2) is 7.41. The van der Waals surface area contributed by atoms with Crippen molar-refractivity contribution in [3.05, 3.63) is 43.6 Å². The van der Waals surface area contributed by atoms with Gasteiger partial charge in [0.15, 0.2) is 0 Å². The molecule has 0 radical (unpaired) electrons. The topological polar surface area (TPSA) is 28.2 Å². The minimum absolute atomic E-state index is 0.692. The number of halogens is 2. The van der Waals surface area contributed by atoms with Crippen LogP contribution in [0.25, 0.3) is 0 Å². The number of rotatable bonds is 6. The summed E-state index contributed by atoms with van der Waals surface area (Å²) in [4.78, 5) is 6.54. The minimum Gasteiger partial charge on any atom is -0.354 e. The Labute approximate surface area is 137 Å². The smallest absolute Gasteiger partial charge is 0.147 e. The third-order valence-corrected chi connectivity index (χ3v) is 4.69. The van der Waals surface area contributed by atoms with Crippen LogP contribution in [0.5, 0.6) is 0 Å². The molecule has 0 aliphatic carbocycles. The summed E-state index contributed by atoms with van der Waals surface area (Å²) in [5.74, 6) is 0.814. The Morgan fingerprint density at radius 1 is 1.40 bits per heavy atom. The maximum Gasteiger partial charge on any atom is 0.147 e. The summed E-state index contributed by atoms with van der Waals surface area (Å²) < 4.78 is 1.14. The lowest BCUT2D eigenvalue weighted by Crippen LogP contribution is -2.18. The molecule has 2 aromatic rings. The zero-order valence-electron chi connectivity index (χ0n) is 11.5. The largest absolute Gasteiger partial charge is 0.354 e. The molecule has 0 aliphatic rings. The molecule has 0 unspecified atom stereocenters. The van der Waals surface area contributed by atoms with Gasteiger partial charge in [-0.2, -0.15) is 0 Å². The Balaban J connectivity index is 2.07. The lowest BCUT2D eigenvalue weighted by molar-refractivity contribution is 0.724. The number of anilines is 1. The van der Waals surface area contributed by atoms with Crippen LogP contribution in [0.4, 0.5) is 5.82 Å². The summed E-state index contributed by atoms with van der Waals surface area (Å²) in [7, 11) is 2.00. The van der Waals surface area contributed by atoms with E-state index in [9.17, 15) is 0 Å². The Bertz CT molecular complexity index is 573. The lowest BCUT2D eigenvalue weighted by Gasteiger charge is -2.19. The molecule has 0 fully saturated rings. The molecule has 1 N–H and O–H groups in total. The molecule has 20 heavy (non-hydrogen) atoms. The molecule has 0 saturated carbocycles. The van der Waals surface area contributed by atoms with Crippen molar-refractivity contribution in [3.8, 4) is 0 Å². The fourth-order valence-corrected chi connectivity index (χ4v) is 3.43. The van der Waals surface area contributed by atoms with E-state index in [2.05, 4.69) is 49.5 Å². The molecule has 0 spiro atoms. The fourth-order valence-electron chi connectivity index (χ4n) is 1.89. The molecule has 0 amide bonds. The van der Waals surface area contributed by atoms with Gasteiger partial charge in [-0.3, -0.25) is 0 Å². The number of thiophene rings is 1. The Hall–Kier alpha value is -0.620. The first-order valence-electron chi connectivity index (χ1n) is 6.39. The van der Waals surface area contributed by atoms with Gasteiger partial charge in [0.25, 0.3) is 0 Å². The van der Waals surface area contributed by atoms with E-state index in [0.29, 0.717) is 5.02 Å². The summed E-state index contributed by atoms with van der Waals surface area (Å²) in [5.41, 5.74) is 2.35. The molecule has 3 nitrogen and oxygen atoms in total. The quantitative estimate of drug-likeness (QED) is 0.817. The van der Waals surface area contributed by atoms with Crippen LogP contribution in [0.2, 0.25) is 5.02 Å². The van der Waals surface area contributed by atoms with Crippen LogP contribution in [0.1, 0.15) is 18.1 Å². The normalized spacial score (nSPS) is 10.8. The van der Waals surface area contributed by atoms with Gasteiger partial charge < -0.3 is 10.2 Å². The van der Waals surface area contributed by atoms with Gasteiger partial charge in [0.2, 0.25) is 0 Å². The summed E-state index contributed by atoms with van der Waals surface area (Å²) in [5, 5.41) is 6.09. The van der Waals surface area contributed by atoms with Crippen molar-refractivity contribution in [1.82, 2.24) is 10.3 Å². The molecule has 2 aromatic heterocycles. The first kappa shape index (κ1) is 15.8. The molecule has 108 valence electrons. The zero-order chi connectivity index (χ0) is 14.5. The second-order valence-corrected chi connectivity index (χ2v) is 7.24. The van der Waals surface area contributed by atoms with Gasteiger partial charge >= 0.3 is 0 Å². The zero-order valence-corrected chi connectivity index (χ0v) is 14.6. The van der Waals surface area contributed by atoms with Gasteiger partial charge in [0.05, 0.1) is 8.81 Å². The first-order chi connectivity index (χ1) is 9.60. The van der Waals surface area contributed by atoms with E-state index in [0.717, 1.165) is 34.8 Å². The SMILES string of the molecule is CCNCc1cnc(N(C)Cc2csc(Br)c2)c(Cl)c1. The number of hydrogen-bond acceptors (Lipinski definition) is 4. The van der Waals surface area contributed by atoms with Crippen LogP contribution >= 0.6 is 38.9 Å². The number of hydrogen-bond donors (Lipinski definition) is 1. The molecule has 2 heterocycles. The summed E-state index contributed by atoms with van der Waals surface area (Å²) in [6, 6.07) is 4.10.